The zero-order valence-corrected chi connectivity index (χ0v) is 15.9. The van der Waals surface area contributed by atoms with E-state index in [1.165, 1.54) is 12.3 Å². The van der Waals surface area contributed by atoms with E-state index in [-0.39, 0.29) is 36.3 Å². The van der Waals surface area contributed by atoms with Crippen molar-refractivity contribution in [3.63, 3.8) is 0 Å². The number of nitrogens with zero attached hydrogens (tertiary/aromatic N) is 3. The van der Waals surface area contributed by atoms with E-state index >= 15 is 0 Å². The first-order valence-corrected chi connectivity index (χ1v) is 9.37. The lowest BCUT2D eigenvalue weighted by Gasteiger charge is -2.27. The predicted molar refractivity (Wildman–Crippen MR) is 97.9 cm³/mol. The highest BCUT2D eigenvalue weighted by atomic mass is 127. The molecule has 2 rings (SSSR count). The summed E-state index contributed by atoms with van der Waals surface area (Å²) in [5.74, 6) is 2.36. The van der Waals surface area contributed by atoms with E-state index in [9.17, 15) is 8.42 Å². The number of guanidine groups is 1. The van der Waals surface area contributed by atoms with Crippen molar-refractivity contribution >= 4 is 51.7 Å². The second-order valence-corrected chi connectivity index (χ2v) is 7.52. The van der Waals surface area contributed by atoms with Crippen molar-refractivity contribution in [2.45, 2.75) is 5.75 Å². The molecule has 1 aliphatic rings. The Bertz CT molecular complexity index is 558. The molecular weight excluding hydrogens is 441 g/mol. The predicted octanol–water partition coefficient (Wildman–Crippen LogP) is 0.0755. The summed E-state index contributed by atoms with van der Waals surface area (Å²) in [5.41, 5.74) is 6.25. The maximum atomic E-state index is 11.8. The van der Waals surface area contributed by atoms with Gasteiger partial charge in [-0.3, -0.25) is 4.99 Å². The molecule has 1 fully saturated rings. The van der Waals surface area contributed by atoms with Crippen LogP contribution in [0, 0.1) is 0 Å². The van der Waals surface area contributed by atoms with E-state index in [0.717, 1.165) is 24.6 Å². The number of halogens is 1. The Morgan fingerprint density at radius 1 is 1.50 bits per heavy atom. The SMILES string of the molecule is I.NC(=NCCNS(=O)(=O)Cc1ccon1)N1CCSCC1. The van der Waals surface area contributed by atoms with E-state index in [2.05, 4.69) is 19.4 Å². The summed E-state index contributed by atoms with van der Waals surface area (Å²) in [4.78, 5) is 6.21. The number of hydrogen-bond acceptors (Lipinski definition) is 6. The van der Waals surface area contributed by atoms with Crippen LogP contribution in [0.2, 0.25) is 0 Å². The summed E-state index contributed by atoms with van der Waals surface area (Å²) in [5, 5.41) is 3.57. The molecule has 8 nitrogen and oxygen atoms in total. The lowest BCUT2D eigenvalue weighted by Crippen LogP contribution is -2.43. The van der Waals surface area contributed by atoms with Crippen LogP contribution in [0.4, 0.5) is 0 Å². The van der Waals surface area contributed by atoms with Crippen LogP contribution in [0.15, 0.2) is 21.8 Å². The maximum Gasteiger partial charge on any atom is 0.217 e. The summed E-state index contributed by atoms with van der Waals surface area (Å²) >= 11 is 1.89. The molecule has 0 radical (unpaired) electrons. The molecular formula is C11H20IN5O3S2. The molecule has 1 aliphatic heterocycles. The number of nitrogens with one attached hydrogen (secondary N) is 1. The minimum Gasteiger partial charge on any atom is -0.370 e. The van der Waals surface area contributed by atoms with Crippen LogP contribution in [0.3, 0.4) is 0 Å². The summed E-state index contributed by atoms with van der Waals surface area (Å²) < 4.78 is 30.6. The molecule has 1 aromatic rings. The fourth-order valence-corrected chi connectivity index (χ4v) is 3.77. The van der Waals surface area contributed by atoms with E-state index in [0.29, 0.717) is 18.2 Å². The van der Waals surface area contributed by atoms with Gasteiger partial charge in [0.25, 0.3) is 0 Å². The summed E-state index contributed by atoms with van der Waals surface area (Å²) in [6.45, 7) is 2.30. The second kappa shape index (κ2) is 9.57. The van der Waals surface area contributed by atoms with E-state index in [1.54, 1.807) is 0 Å². The highest BCUT2D eigenvalue weighted by Crippen LogP contribution is 2.08. The van der Waals surface area contributed by atoms with Crippen molar-refractivity contribution in [2.24, 2.45) is 10.7 Å². The van der Waals surface area contributed by atoms with Gasteiger partial charge in [0.2, 0.25) is 10.0 Å². The monoisotopic (exact) mass is 461 g/mol. The quantitative estimate of drug-likeness (QED) is 0.267. The fraction of sp³-hybridized carbons (Fsp3) is 0.636. The number of rotatable bonds is 6. The Labute approximate surface area is 151 Å². The van der Waals surface area contributed by atoms with Crippen LogP contribution in [0.25, 0.3) is 0 Å². The molecule has 0 spiro atoms. The molecule has 11 heteroatoms. The van der Waals surface area contributed by atoms with Gasteiger partial charge in [-0.25, -0.2) is 13.1 Å². The number of aliphatic imine (C=N–C) groups is 1. The minimum absolute atomic E-state index is 0. The molecule has 1 saturated heterocycles. The van der Waals surface area contributed by atoms with Crippen molar-refractivity contribution in [1.29, 1.82) is 0 Å². The van der Waals surface area contributed by atoms with Crippen molar-refractivity contribution in [2.75, 3.05) is 37.7 Å². The molecule has 2 heterocycles. The lowest BCUT2D eigenvalue weighted by atomic mass is 10.5. The third-order valence-electron chi connectivity index (χ3n) is 2.87. The number of hydrogen-bond donors (Lipinski definition) is 2. The zero-order valence-electron chi connectivity index (χ0n) is 12.0. The smallest absolute Gasteiger partial charge is 0.217 e. The van der Waals surface area contributed by atoms with Gasteiger partial charge in [0.05, 0.1) is 12.2 Å². The second-order valence-electron chi connectivity index (χ2n) is 4.48. The minimum atomic E-state index is -3.43. The topological polar surface area (TPSA) is 114 Å². The largest absolute Gasteiger partial charge is 0.370 e. The van der Waals surface area contributed by atoms with Gasteiger partial charge in [0, 0.05) is 37.2 Å². The molecule has 0 aliphatic carbocycles. The highest BCUT2D eigenvalue weighted by Gasteiger charge is 2.14. The van der Waals surface area contributed by atoms with Gasteiger partial charge in [-0.1, -0.05) is 5.16 Å². The molecule has 3 N–H and O–H groups in total. The Morgan fingerprint density at radius 2 is 2.23 bits per heavy atom. The fourth-order valence-electron chi connectivity index (χ4n) is 1.82. The first-order valence-electron chi connectivity index (χ1n) is 6.56. The van der Waals surface area contributed by atoms with Crippen molar-refractivity contribution < 1.29 is 12.9 Å². The van der Waals surface area contributed by atoms with Crippen LogP contribution < -0.4 is 10.5 Å². The normalized spacial score (nSPS) is 16.4. The molecule has 0 bridgehead atoms. The molecule has 126 valence electrons. The van der Waals surface area contributed by atoms with Crippen molar-refractivity contribution in [3.8, 4) is 0 Å². The molecule has 1 aromatic heterocycles. The van der Waals surface area contributed by atoms with E-state index in [4.69, 9.17) is 5.73 Å². The first kappa shape index (κ1) is 19.5. The number of sulfonamides is 1. The van der Waals surface area contributed by atoms with Crippen molar-refractivity contribution in [1.82, 2.24) is 14.8 Å². The van der Waals surface area contributed by atoms with Gasteiger partial charge in [-0.15, -0.1) is 24.0 Å². The highest BCUT2D eigenvalue weighted by molar-refractivity contribution is 14.0. The average Bonchev–Trinajstić information content (AvgIpc) is 2.96. The van der Waals surface area contributed by atoms with Crippen molar-refractivity contribution in [3.05, 3.63) is 18.0 Å². The summed E-state index contributed by atoms with van der Waals surface area (Å²) in [6, 6.07) is 1.52. The molecule has 0 aromatic carbocycles. The van der Waals surface area contributed by atoms with Gasteiger partial charge in [-0.05, 0) is 0 Å². The number of aromatic nitrogens is 1. The molecule has 0 unspecified atom stereocenters. The maximum absolute atomic E-state index is 11.8. The third kappa shape index (κ3) is 6.71. The van der Waals surface area contributed by atoms with Gasteiger partial charge < -0.3 is 15.2 Å². The standard InChI is InChI=1S/C11H19N5O3S2.HI/c12-11(16-4-7-20-8-5-16)13-2-3-14-21(17,18)9-10-1-6-19-15-10;/h1,6,14H,2-5,7-9H2,(H2,12,13);1H. The Morgan fingerprint density at radius 3 is 2.86 bits per heavy atom. The van der Waals surface area contributed by atoms with Crippen LogP contribution in [-0.4, -0.2) is 62.1 Å². The lowest BCUT2D eigenvalue weighted by molar-refractivity contribution is 0.413. The van der Waals surface area contributed by atoms with Gasteiger partial charge >= 0.3 is 0 Å². The van der Waals surface area contributed by atoms with Crippen LogP contribution in [0.5, 0.6) is 0 Å². The van der Waals surface area contributed by atoms with Crippen LogP contribution in [-0.2, 0) is 15.8 Å². The molecule has 0 saturated carbocycles. The average molecular weight is 461 g/mol. The molecule has 22 heavy (non-hydrogen) atoms. The van der Waals surface area contributed by atoms with E-state index < -0.39 is 10.0 Å². The first-order chi connectivity index (χ1) is 10.1. The molecule has 0 amide bonds. The Hall–Kier alpha value is -0.530. The van der Waals surface area contributed by atoms with Crippen LogP contribution >= 0.6 is 35.7 Å². The third-order valence-corrected chi connectivity index (χ3v) is 5.13. The van der Waals surface area contributed by atoms with Crippen LogP contribution in [0.1, 0.15) is 5.69 Å². The van der Waals surface area contributed by atoms with Gasteiger partial charge in [0.1, 0.15) is 12.0 Å². The van der Waals surface area contributed by atoms with E-state index in [1.807, 2.05) is 16.7 Å². The zero-order chi connectivity index (χ0) is 15.1. The molecule has 0 atom stereocenters. The number of thioether (sulfide) groups is 1. The Balaban J connectivity index is 0.00000242. The summed E-state index contributed by atoms with van der Waals surface area (Å²) in [6.07, 6.45) is 1.34. The Kier molecular flexibility index (Phi) is 8.49. The van der Waals surface area contributed by atoms with Gasteiger partial charge in [-0.2, -0.15) is 11.8 Å². The van der Waals surface area contributed by atoms with Gasteiger partial charge in [0.15, 0.2) is 5.96 Å². The number of nitrogens with two attached hydrogens (primary N) is 1. The summed E-state index contributed by atoms with van der Waals surface area (Å²) in [7, 11) is -3.43.